The topological polar surface area (TPSA) is 64.4 Å². The van der Waals surface area contributed by atoms with Crippen molar-refractivity contribution in [1.82, 2.24) is 9.78 Å². The molecule has 2 aromatic carbocycles. The summed E-state index contributed by atoms with van der Waals surface area (Å²) in [5.74, 6) is -0.705. The van der Waals surface area contributed by atoms with Gasteiger partial charge in [-0.05, 0) is 43.0 Å². The summed E-state index contributed by atoms with van der Waals surface area (Å²) in [6.07, 6.45) is 0. The van der Waals surface area contributed by atoms with Gasteiger partial charge < -0.3 is 9.84 Å². The number of ether oxygens (including phenoxy) is 1. The van der Waals surface area contributed by atoms with E-state index in [-0.39, 0.29) is 5.69 Å². The number of benzene rings is 2. The molecule has 0 aliphatic heterocycles. The van der Waals surface area contributed by atoms with E-state index in [0.29, 0.717) is 19.0 Å². The molecule has 1 aromatic heterocycles. The Balaban J connectivity index is 1.85. The molecular weight excluding hydrogens is 328 g/mol. The molecular formula is C21H22N2O3. The number of hydrogen-bond donors (Lipinski definition) is 1. The quantitative estimate of drug-likeness (QED) is 0.726. The molecule has 26 heavy (non-hydrogen) atoms. The van der Waals surface area contributed by atoms with Crippen LogP contribution in [-0.2, 0) is 13.2 Å². The lowest BCUT2D eigenvalue weighted by Gasteiger charge is -2.12. The molecule has 3 rings (SSSR count). The smallest absolute Gasteiger partial charge is 0.354 e. The van der Waals surface area contributed by atoms with Crippen LogP contribution < -0.4 is 4.74 Å². The maximum Gasteiger partial charge on any atom is 0.354 e. The monoisotopic (exact) mass is 350 g/mol. The number of nitrogens with zero attached hydrogens (tertiary/aromatic N) is 2. The Morgan fingerprint density at radius 1 is 1.08 bits per heavy atom. The van der Waals surface area contributed by atoms with Crippen LogP contribution in [0.2, 0.25) is 0 Å². The molecule has 134 valence electrons. The van der Waals surface area contributed by atoms with Gasteiger partial charge in [0, 0.05) is 6.07 Å². The fourth-order valence-electron chi connectivity index (χ4n) is 3.10. The van der Waals surface area contributed by atoms with Gasteiger partial charge in [-0.2, -0.15) is 0 Å². The largest absolute Gasteiger partial charge is 0.477 e. The van der Waals surface area contributed by atoms with E-state index >= 15 is 0 Å². The van der Waals surface area contributed by atoms with Gasteiger partial charge in [0.1, 0.15) is 6.61 Å². The minimum atomic E-state index is -1.02. The van der Waals surface area contributed by atoms with Gasteiger partial charge in [-0.3, -0.25) is 0 Å². The van der Waals surface area contributed by atoms with Crippen LogP contribution in [-0.4, -0.2) is 20.9 Å². The Labute approximate surface area is 152 Å². The van der Waals surface area contributed by atoms with E-state index in [1.165, 1.54) is 16.3 Å². The second-order valence-corrected chi connectivity index (χ2v) is 6.48. The summed E-state index contributed by atoms with van der Waals surface area (Å²) in [6.45, 7) is 6.86. The zero-order valence-corrected chi connectivity index (χ0v) is 15.2. The first-order chi connectivity index (χ1) is 12.4. The van der Waals surface area contributed by atoms with Gasteiger partial charge in [0.25, 0.3) is 0 Å². The van der Waals surface area contributed by atoms with E-state index in [2.05, 4.69) is 24.2 Å². The summed E-state index contributed by atoms with van der Waals surface area (Å²) < 4.78 is 7.18. The van der Waals surface area contributed by atoms with Crippen molar-refractivity contribution in [2.24, 2.45) is 0 Å². The molecule has 0 saturated heterocycles. The molecule has 0 aliphatic rings. The highest BCUT2D eigenvalue weighted by molar-refractivity contribution is 5.86. The molecule has 0 aliphatic carbocycles. The van der Waals surface area contributed by atoms with E-state index in [0.717, 1.165) is 22.3 Å². The zero-order valence-electron chi connectivity index (χ0n) is 15.2. The number of aromatic nitrogens is 2. The Morgan fingerprint density at radius 3 is 2.35 bits per heavy atom. The van der Waals surface area contributed by atoms with Crippen molar-refractivity contribution in [1.29, 1.82) is 0 Å². The molecule has 1 N–H and O–H groups in total. The molecule has 3 aromatic rings. The van der Waals surface area contributed by atoms with Gasteiger partial charge in [0.2, 0.25) is 5.88 Å². The molecule has 0 fully saturated rings. The number of hydrogen-bond acceptors (Lipinski definition) is 3. The summed E-state index contributed by atoms with van der Waals surface area (Å²) in [5, 5.41) is 13.9. The van der Waals surface area contributed by atoms with Crippen molar-refractivity contribution in [3.8, 4) is 5.88 Å². The fraction of sp³-hybridized carbons (Fsp3) is 0.238. The van der Waals surface area contributed by atoms with Crippen LogP contribution in [0.25, 0.3) is 0 Å². The zero-order chi connectivity index (χ0) is 18.7. The van der Waals surface area contributed by atoms with E-state index in [1.807, 2.05) is 44.2 Å². The van der Waals surface area contributed by atoms with Crippen molar-refractivity contribution in [3.05, 3.63) is 82.0 Å². The number of carboxylic acid groups (broad SMARTS) is 1. The summed E-state index contributed by atoms with van der Waals surface area (Å²) in [6, 6.07) is 15.4. The van der Waals surface area contributed by atoms with Gasteiger partial charge in [0.15, 0.2) is 5.69 Å². The first-order valence-corrected chi connectivity index (χ1v) is 8.48. The summed E-state index contributed by atoms with van der Waals surface area (Å²) >= 11 is 0. The maximum atomic E-state index is 11.6. The number of rotatable bonds is 6. The molecule has 0 spiro atoms. The third-order valence-corrected chi connectivity index (χ3v) is 4.35. The van der Waals surface area contributed by atoms with Crippen molar-refractivity contribution >= 4 is 5.97 Å². The molecule has 0 amide bonds. The Kier molecular flexibility index (Phi) is 5.07. The van der Waals surface area contributed by atoms with E-state index in [1.54, 1.807) is 0 Å². The van der Waals surface area contributed by atoms with Gasteiger partial charge >= 0.3 is 5.97 Å². The SMILES string of the molecule is Cc1cc(C)c(Cn2nc(OCc3ccccc3)cc2C(=O)O)c(C)c1. The number of carbonyl (C=O) groups is 1. The van der Waals surface area contributed by atoms with Crippen LogP contribution >= 0.6 is 0 Å². The highest BCUT2D eigenvalue weighted by Gasteiger charge is 2.17. The van der Waals surface area contributed by atoms with Crippen molar-refractivity contribution in [3.63, 3.8) is 0 Å². The number of carboxylic acids is 1. The van der Waals surface area contributed by atoms with Crippen molar-refractivity contribution in [2.75, 3.05) is 0 Å². The molecule has 5 heteroatoms. The third-order valence-electron chi connectivity index (χ3n) is 4.35. The van der Waals surface area contributed by atoms with Crippen molar-refractivity contribution < 1.29 is 14.6 Å². The molecule has 5 nitrogen and oxygen atoms in total. The number of aryl methyl sites for hydroxylation is 3. The van der Waals surface area contributed by atoms with Crippen molar-refractivity contribution in [2.45, 2.75) is 33.9 Å². The maximum absolute atomic E-state index is 11.6. The molecule has 0 saturated carbocycles. The van der Waals surface area contributed by atoms with Crippen LogP contribution in [0.4, 0.5) is 0 Å². The first kappa shape index (κ1) is 17.7. The highest BCUT2D eigenvalue weighted by Crippen LogP contribution is 2.21. The first-order valence-electron chi connectivity index (χ1n) is 8.48. The molecule has 0 atom stereocenters. The minimum absolute atomic E-state index is 0.118. The van der Waals surface area contributed by atoms with Crippen LogP contribution in [0.15, 0.2) is 48.5 Å². The average molecular weight is 350 g/mol. The standard InChI is InChI=1S/C21H22N2O3/c1-14-9-15(2)18(16(3)10-14)12-23-19(21(24)25)11-20(22-23)26-13-17-7-5-4-6-8-17/h4-11H,12-13H2,1-3H3,(H,24,25). The predicted octanol–water partition coefficient (Wildman–Crippen LogP) is 4.13. The molecule has 1 heterocycles. The van der Waals surface area contributed by atoms with E-state index < -0.39 is 5.97 Å². The highest BCUT2D eigenvalue weighted by atomic mass is 16.5. The molecule has 0 unspecified atom stereocenters. The Hall–Kier alpha value is -3.08. The summed E-state index contributed by atoms with van der Waals surface area (Å²) in [7, 11) is 0. The lowest BCUT2D eigenvalue weighted by atomic mass is 10.00. The Morgan fingerprint density at radius 2 is 1.73 bits per heavy atom. The van der Waals surface area contributed by atoms with Crippen LogP contribution in [0, 0.1) is 20.8 Å². The predicted molar refractivity (Wildman–Crippen MR) is 99.7 cm³/mol. The van der Waals surface area contributed by atoms with E-state index in [9.17, 15) is 9.90 Å². The van der Waals surface area contributed by atoms with Gasteiger partial charge in [0.05, 0.1) is 6.54 Å². The fourth-order valence-corrected chi connectivity index (χ4v) is 3.10. The third kappa shape index (κ3) is 3.94. The summed E-state index contributed by atoms with van der Waals surface area (Å²) in [5.41, 5.74) is 5.64. The summed E-state index contributed by atoms with van der Waals surface area (Å²) in [4.78, 5) is 11.6. The number of aromatic carboxylic acids is 1. The normalized spacial score (nSPS) is 10.7. The molecule has 0 bridgehead atoms. The van der Waals surface area contributed by atoms with Crippen LogP contribution in [0.5, 0.6) is 5.88 Å². The average Bonchev–Trinajstić information content (AvgIpc) is 3.00. The minimum Gasteiger partial charge on any atom is -0.477 e. The Bertz CT molecular complexity index is 907. The molecule has 0 radical (unpaired) electrons. The lowest BCUT2D eigenvalue weighted by Crippen LogP contribution is -2.12. The van der Waals surface area contributed by atoms with Crippen LogP contribution in [0.1, 0.15) is 38.3 Å². The van der Waals surface area contributed by atoms with Gasteiger partial charge in [-0.15, -0.1) is 5.10 Å². The second kappa shape index (κ2) is 7.44. The van der Waals surface area contributed by atoms with Gasteiger partial charge in [-0.25, -0.2) is 9.48 Å². The van der Waals surface area contributed by atoms with E-state index in [4.69, 9.17) is 4.74 Å². The van der Waals surface area contributed by atoms with Gasteiger partial charge in [-0.1, -0.05) is 48.0 Å². The second-order valence-electron chi connectivity index (χ2n) is 6.48. The lowest BCUT2D eigenvalue weighted by molar-refractivity contribution is 0.0684. The van der Waals surface area contributed by atoms with Crippen LogP contribution in [0.3, 0.4) is 0 Å².